The van der Waals surface area contributed by atoms with Crippen molar-refractivity contribution in [2.75, 3.05) is 5.32 Å². The fraction of sp³-hybridized carbons (Fsp3) is 0.0588. The lowest BCUT2D eigenvalue weighted by molar-refractivity contribution is 0.102. The van der Waals surface area contributed by atoms with Gasteiger partial charge in [0.15, 0.2) is 0 Å². The average molecular weight is 331 g/mol. The van der Waals surface area contributed by atoms with Crippen LogP contribution in [-0.4, -0.2) is 10.9 Å². The van der Waals surface area contributed by atoms with Crippen LogP contribution in [0.1, 0.15) is 15.9 Å². The Kier molecular flexibility index (Phi) is 4.27. The lowest BCUT2D eigenvalue weighted by Crippen LogP contribution is -2.12. The zero-order valence-electron chi connectivity index (χ0n) is 11.5. The Balaban J connectivity index is 1.90. The number of nitrogens with one attached hydrogen (secondary N) is 1. The van der Waals surface area contributed by atoms with Crippen molar-refractivity contribution in [1.82, 2.24) is 4.98 Å². The molecule has 0 aliphatic carbocycles. The molecule has 0 radical (unpaired) electrons. The second-order valence-corrected chi connectivity index (χ2v) is 5.49. The van der Waals surface area contributed by atoms with Gasteiger partial charge in [-0.05, 0) is 42.0 Å². The average Bonchev–Trinajstić information content (AvgIpc) is 2.56. The summed E-state index contributed by atoms with van der Waals surface area (Å²) < 4.78 is 0. The van der Waals surface area contributed by atoms with Crippen LogP contribution in [0, 0.1) is 0 Å². The van der Waals surface area contributed by atoms with Gasteiger partial charge in [0.2, 0.25) is 0 Å². The summed E-state index contributed by atoms with van der Waals surface area (Å²) in [6.07, 6.45) is 1.72. The minimum atomic E-state index is -0.223. The van der Waals surface area contributed by atoms with Crippen molar-refractivity contribution in [2.45, 2.75) is 5.88 Å². The lowest BCUT2D eigenvalue weighted by Gasteiger charge is -2.09. The van der Waals surface area contributed by atoms with Gasteiger partial charge >= 0.3 is 0 Å². The number of alkyl halides is 1. The number of aromatic nitrogens is 1. The minimum absolute atomic E-state index is 0.223. The number of anilines is 1. The fourth-order valence-corrected chi connectivity index (χ4v) is 2.49. The zero-order valence-corrected chi connectivity index (χ0v) is 13.0. The van der Waals surface area contributed by atoms with Crippen molar-refractivity contribution < 1.29 is 4.79 Å². The molecule has 0 aliphatic heterocycles. The number of rotatable bonds is 3. The summed E-state index contributed by atoms with van der Waals surface area (Å²) in [7, 11) is 0. The van der Waals surface area contributed by atoms with Crippen LogP contribution >= 0.6 is 23.2 Å². The van der Waals surface area contributed by atoms with Gasteiger partial charge in [-0.25, -0.2) is 0 Å². The van der Waals surface area contributed by atoms with Gasteiger partial charge in [-0.3, -0.25) is 9.78 Å². The topological polar surface area (TPSA) is 42.0 Å². The van der Waals surface area contributed by atoms with Gasteiger partial charge in [0, 0.05) is 23.0 Å². The van der Waals surface area contributed by atoms with Gasteiger partial charge in [-0.1, -0.05) is 23.7 Å². The zero-order chi connectivity index (χ0) is 15.5. The molecular weight excluding hydrogens is 319 g/mol. The normalized spacial score (nSPS) is 10.6. The molecule has 2 aromatic carbocycles. The van der Waals surface area contributed by atoms with Crippen LogP contribution in [0.3, 0.4) is 0 Å². The summed E-state index contributed by atoms with van der Waals surface area (Å²) in [5.41, 5.74) is 2.84. The predicted molar refractivity (Wildman–Crippen MR) is 90.7 cm³/mol. The van der Waals surface area contributed by atoms with Gasteiger partial charge in [-0.15, -0.1) is 11.6 Å². The monoisotopic (exact) mass is 330 g/mol. The van der Waals surface area contributed by atoms with Crippen molar-refractivity contribution in [1.29, 1.82) is 0 Å². The number of carbonyl (C=O) groups is 1. The molecule has 110 valence electrons. The van der Waals surface area contributed by atoms with E-state index in [1.54, 1.807) is 30.5 Å². The highest BCUT2D eigenvalue weighted by atomic mass is 35.5. The van der Waals surface area contributed by atoms with Crippen LogP contribution in [-0.2, 0) is 5.88 Å². The number of benzene rings is 2. The quantitative estimate of drug-likeness (QED) is 0.695. The van der Waals surface area contributed by atoms with Crippen molar-refractivity contribution in [2.24, 2.45) is 0 Å². The van der Waals surface area contributed by atoms with E-state index in [4.69, 9.17) is 23.2 Å². The molecule has 0 saturated heterocycles. The first-order valence-corrected chi connectivity index (χ1v) is 7.59. The first kappa shape index (κ1) is 14.8. The second kappa shape index (κ2) is 6.34. The maximum absolute atomic E-state index is 12.4. The predicted octanol–water partition coefficient (Wildman–Crippen LogP) is 4.88. The standard InChI is InChI=1S/C17H12Cl2N2O/c18-10-11-3-5-14(19)16(8-11)21-17(22)13-4-6-15-12(9-13)2-1-7-20-15/h1-9H,10H2,(H,21,22). The van der Waals surface area contributed by atoms with Crippen LogP contribution in [0.5, 0.6) is 0 Å². The van der Waals surface area contributed by atoms with Gasteiger partial charge in [-0.2, -0.15) is 0 Å². The summed E-state index contributed by atoms with van der Waals surface area (Å²) in [6, 6.07) is 14.4. The maximum Gasteiger partial charge on any atom is 0.255 e. The summed E-state index contributed by atoms with van der Waals surface area (Å²) in [4.78, 5) is 16.6. The molecule has 3 nitrogen and oxygen atoms in total. The number of nitrogens with zero attached hydrogens (tertiary/aromatic N) is 1. The minimum Gasteiger partial charge on any atom is -0.321 e. The van der Waals surface area contributed by atoms with E-state index in [2.05, 4.69) is 10.3 Å². The van der Waals surface area contributed by atoms with Gasteiger partial charge < -0.3 is 5.32 Å². The third kappa shape index (κ3) is 3.06. The Labute approximate surface area is 137 Å². The lowest BCUT2D eigenvalue weighted by atomic mass is 10.1. The van der Waals surface area contributed by atoms with Crippen molar-refractivity contribution in [3.05, 3.63) is 70.9 Å². The molecule has 0 atom stereocenters. The molecular formula is C17H12Cl2N2O. The van der Waals surface area contributed by atoms with Crippen molar-refractivity contribution in [3.8, 4) is 0 Å². The molecule has 1 heterocycles. The Hall–Kier alpha value is -2.10. The van der Waals surface area contributed by atoms with Crippen LogP contribution < -0.4 is 5.32 Å². The number of pyridine rings is 1. The molecule has 0 fully saturated rings. The number of fused-ring (bicyclic) bond motifs is 1. The molecule has 5 heteroatoms. The van der Waals surface area contributed by atoms with E-state index in [1.807, 2.05) is 24.3 Å². The Bertz CT molecular complexity index is 849. The van der Waals surface area contributed by atoms with E-state index in [1.165, 1.54) is 0 Å². The number of hydrogen-bond acceptors (Lipinski definition) is 2. The molecule has 0 unspecified atom stereocenters. The van der Waals surface area contributed by atoms with Crippen LogP contribution in [0.2, 0.25) is 5.02 Å². The van der Waals surface area contributed by atoms with E-state index >= 15 is 0 Å². The number of halogens is 2. The third-order valence-corrected chi connectivity index (χ3v) is 3.94. The van der Waals surface area contributed by atoms with E-state index in [0.29, 0.717) is 22.2 Å². The highest BCUT2D eigenvalue weighted by Gasteiger charge is 2.10. The third-order valence-electron chi connectivity index (χ3n) is 3.30. The van der Waals surface area contributed by atoms with Crippen molar-refractivity contribution in [3.63, 3.8) is 0 Å². The first-order chi connectivity index (χ1) is 10.7. The maximum atomic E-state index is 12.4. The second-order valence-electron chi connectivity index (χ2n) is 4.81. The summed E-state index contributed by atoms with van der Waals surface area (Å²) in [5, 5.41) is 4.21. The molecule has 1 amide bonds. The SMILES string of the molecule is O=C(Nc1cc(CCl)ccc1Cl)c1ccc2ncccc2c1. The molecule has 0 spiro atoms. The molecule has 0 bridgehead atoms. The largest absolute Gasteiger partial charge is 0.321 e. The van der Waals surface area contributed by atoms with Crippen LogP contribution in [0.25, 0.3) is 10.9 Å². The number of carbonyl (C=O) groups excluding carboxylic acids is 1. The molecule has 22 heavy (non-hydrogen) atoms. The fourth-order valence-electron chi connectivity index (χ4n) is 2.16. The smallest absolute Gasteiger partial charge is 0.255 e. The summed E-state index contributed by atoms with van der Waals surface area (Å²) in [5.74, 6) is 0.140. The molecule has 0 aliphatic rings. The highest BCUT2D eigenvalue weighted by molar-refractivity contribution is 6.34. The van der Waals surface area contributed by atoms with Gasteiger partial charge in [0.05, 0.1) is 16.2 Å². The molecule has 3 aromatic rings. The van der Waals surface area contributed by atoms with E-state index in [9.17, 15) is 4.79 Å². The Morgan fingerprint density at radius 1 is 1.14 bits per heavy atom. The van der Waals surface area contributed by atoms with Crippen LogP contribution in [0.15, 0.2) is 54.7 Å². The first-order valence-electron chi connectivity index (χ1n) is 6.68. The molecule has 0 saturated carbocycles. The molecule has 1 N–H and O–H groups in total. The van der Waals surface area contributed by atoms with E-state index < -0.39 is 0 Å². The number of amides is 1. The Morgan fingerprint density at radius 3 is 2.82 bits per heavy atom. The summed E-state index contributed by atoms with van der Waals surface area (Å²) >= 11 is 11.9. The highest BCUT2D eigenvalue weighted by Crippen LogP contribution is 2.25. The van der Waals surface area contributed by atoms with E-state index in [-0.39, 0.29) is 5.91 Å². The summed E-state index contributed by atoms with van der Waals surface area (Å²) in [6.45, 7) is 0. The van der Waals surface area contributed by atoms with Gasteiger partial charge in [0.1, 0.15) is 0 Å². The Morgan fingerprint density at radius 2 is 2.00 bits per heavy atom. The molecule has 1 aromatic heterocycles. The van der Waals surface area contributed by atoms with E-state index in [0.717, 1.165) is 16.5 Å². The molecule has 3 rings (SSSR count). The van der Waals surface area contributed by atoms with Crippen molar-refractivity contribution >= 4 is 45.7 Å². The van der Waals surface area contributed by atoms with Crippen LogP contribution in [0.4, 0.5) is 5.69 Å². The number of hydrogen-bond donors (Lipinski definition) is 1. The van der Waals surface area contributed by atoms with Gasteiger partial charge in [0.25, 0.3) is 5.91 Å².